The minimum atomic E-state index is -0.243. The number of unbranched alkanes of at least 4 members (excludes halogenated alkanes) is 1. The van der Waals surface area contributed by atoms with Gasteiger partial charge >= 0.3 is 0 Å². The Hall–Kier alpha value is -2.13. The fourth-order valence-electron chi connectivity index (χ4n) is 3.48. The number of ether oxygens (including phenoxy) is 1. The van der Waals surface area contributed by atoms with E-state index in [4.69, 9.17) is 4.74 Å². The van der Waals surface area contributed by atoms with Crippen molar-refractivity contribution in [2.45, 2.75) is 38.2 Å². The van der Waals surface area contributed by atoms with Gasteiger partial charge in [0.2, 0.25) is 5.91 Å². The normalized spacial score (nSPS) is 17.7. The van der Waals surface area contributed by atoms with Crippen molar-refractivity contribution >= 4 is 5.91 Å². The van der Waals surface area contributed by atoms with Gasteiger partial charge in [-0.3, -0.25) is 4.79 Å². The van der Waals surface area contributed by atoms with E-state index in [1.807, 2.05) is 65.6 Å². The summed E-state index contributed by atoms with van der Waals surface area (Å²) >= 11 is 0. The van der Waals surface area contributed by atoms with Crippen LogP contribution < -0.4 is 0 Å². The van der Waals surface area contributed by atoms with Crippen LogP contribution in [0.4, 0.5) is 0 Å². The summed E-state index contributed by atoms with van der Waals surface area (Å²) in [4.78, 5) is 15.4. The molecule has 0 N–H and O–H groups in total. The number of hydrogen-bond acceptors (Lipinski definition) is 2. The van der Waals surface area contributed by atoms with E-state index in [-0.39, 0.29) is 17.9 Å². The summed E-state index contributed by atoms with van der Waals surface area (Å²) in [7, 11) is 0. The summed E-state index contributed by atoms with van der Waals surface area (Å²) in [6.45, 7) is 4.20. The number of rotatable bonds is 6. The zero-order valence-electron chi connectivity index (χ0n) is 14.9. The predicted molar refractivity (Wildman–Crippen MR) is 101 cm³/mol. The summed E-state index contributed by atoms with van der Waals surface area (Å²) in [5, 5.41) is 0. The number of benzene rings is 2. The van der Waals surface area contributed by atoms with Crippen molar-refractivity contribution in [2.75, 3.05) is 19.7 Å². The van der Waals surface area contributed by atoms with Crippen LogP contribution in [0.15, 0.2) is 60.7 Å². The summed E-state index contributed by atoms with van der Waals surface area (Å²) in [6.07, 6.45) is 3.50. The maximum atomic E-state index is 13.4. The Labute approximate surface area is 150 Å². The Balaban J connectivity index is 1.82. The van der Waals surface area contributed by atoms with Crippen LogP contribution in [0.5, 0.6) is 0 Å². The van der Waals surface area contributed by atoms with Gasteiger partial charge in [0.1, 0.15) is 0 Å². The maximum absolute atomic E-state index is 13.4. The molecule has 1 saturated heterocycles. The highest BCUT2D eigenvalue weighted by Gasteiger charge is 2.31. The van der Waals surface area contributed by atoms with Crippen LogP contribution in [-0.2, 0) is 9.53 Å². The Bertz CT molecular complexity index is 617. The van der Waals surface area contributed by atoms with Gasteiger partial charge in [-0.05, 0) is 17.5 Å². The fraction of sp³-hybridized carbons (Fsp3) is 0.409. The van der Waals surface area contributed by atoms with E-state index in [9.17, 15) is 4.79 Å². The maximum Gasteiger partial charge on any atom is 0.234 e. The minimum Gasteiger partial charge on any atom is -0.375 e. The van der Waals surface area contributed by atoms with E-state index in [1.54, 1.807) is 0 Å². The monoisotopic (exact) mass is 337 g/mol. The van der Waals surface area contributed by atoms with E-state index in [1.165, 1.54) is 0 Å². The lowest BCUT2D eigenvalue weighted by Crippen LogP contribution is -2.47. The first-order valence-electron chi connectivity index (χ1n) is 9.30. The number of carbonyl (C=O) groups excluding carboxylic acids is 1. The van der Waals surface area contributed by atoms with Crippen LogP contribution in [0.2, 0.25) is 0 Å². The lowest BCUT2D eigenvalue weighted by atomic mass is 9.89. The van der Waals surface area contributed by atoms with Crippen LogP contribution in [-0.4, -0.2) is 36.6 Å². The lowest BCUT2D eigenvalue weighted by molar-refractivity contribution is -0.139. The molecule has 1 heterocycles. The molecule has 1 aliphatic heterocycles. The first kappa shape index (κ1) is 17.7. The van der Waals surface area contributed by atoms with Gasteiger partial charge in [0.05, 0.1) is 18.6 Å². The summed E-state index contributed by atoms with van der Waals surface area (Å²) in [6, 6.07) is 20.2. The second-order valence-electron chi connectivity index (χ2n) is 6.67. The molecule has 1 aliphatic rings. The number of morpholine rings is 1. The SMILES string of the molecule is CCCCC1CN(C(=O)C(c2ccccc2)c2ccccc2)CCO1. The third kappa shape index (κ3) is 4.49. The number of amides is 1. The highest BCUT2D eigenvalue weighted by Crippen LogP contribution is 2.28. The van der Waals surface area contributed by atoms with Crippen molar-refractivity contribution in [3.63, 3.8) is 0 Å². The summed E-state index contributed by atoms with van der Waals surface area (Å²) in [5.41, 5.74) is 2.10. The van der Waals surface area contributed by atoms with Crippen molar-refractivity contribution in [2.24, 2.45) is 0 Å². The van der Waals surface area contributed by atoms with Crippen molar-refractivity contribution in [1.29, 1.82) is 0 Å². The summed E-state index contributed by atoms with van der Waals surface area (Å²) < 4.78 is 5.86. The predicted octanol–water partition coefficient (Wildman–Crippen LogP) is 4.24. The van der Waals surface area contributed by atoms with Gasteiger partial charge in [0.15, 0.2) is 0 Å². The van der Waals surface area contributed by atoms with Crippen LogP contribution in [0.25, 0.3) is 0 Å². The highest BCUT2D eigenvalue weighted by atomic mass is 16.5. The molecule has 25 heavy (non-hydrogen) atoms. The van der Waals surface area contributed by atoms with Crippen molar-refractivity contribution in [3.05, 3.63) is 71.8 Å². The standard InChI is InChI=1S/C22H27NO2/c1-2-3-14-20-17-23(15-16-25-20)22(24)21(18-10-6-4-7-11-18)19-12-8-5-9-13-19/h4-13,20-21H,2-3,14-17H2,1H3. The second-order valence-corrected chi connectivity index (χ2v) is 6.67. The molecule has 3 heteroatoms. The van der Waals surface area contributed by atoms with E-state index in [0.717, 1.165) is 30.4 Å². The van der Waals surface area contributed by atoms with Gasteiger partial charge in [-0.25, -0.2) is 0 Å². The lowest BCUT2D eigenvalue weighted by Gasteiger charge is -2.35. The largest absolute Gasteiger partial charge is 0.375 e. The molecule has 0 bridgehead atoms. The molecule has 0 aliphatic carbocycles. The van der Waals surface area contributed by atoms with Crippen LogP contribution in [0.3, 0.4) is 0 Å². The van der Waals surface area contributed by atoms with Crippen LogP contribution in [0.1, 0.15) is 43.2 Å². The molecule has 0 saturated carbocycles. The highest BCUT2D eigenvalue weighted by molar-refractivity contribution is 5.87. The molecule has 3 nitrogen and oxygen atoms in total. The molecule has 1 amide bonds. The van der Waals surface area contributed by atoms with E-state index < -0.39 is 0 Å². The van der Waals surface area contributed by atoms with E-state index >= 15 is 0 Å². The van der Waals surface area contributed by atoms with Gasteiger partial charge in [-0.2, -0.15) is 0 Å². The van der Waals surface area contributed by atoms with Gasteiger partial charge in [-0.15, -0.1) is 0 Å². The number of nitrogens with zero attached hydrogens (tertiary/aromatic N) is 1. The van der Waals surface area contributed by atoms with Crippen molar-refractivity contribution < 1.29 is 9.53 Å². The summed E-state index contributed by atoms with van der Waals surface area (Å²) in [5.74, 6) is -0.0606. The van der Waals surface area contributed by atoms with Crippen molar-refractivity contribution in [3.8, 4) is 0 Å². The van der Waals surface area contributed by atoms with Gasteiger partial charge < -0.3 is 9.64 Å². The number of hydrogen-bond donors (Lipinski definition) is 0. The smallest absolute Gasteiger partial charge is 0.234 e. The van der Waals surface area contributed by atoms with Gasteiger partial charge in [-0.1, -0.05) is 80.4 Å². The Morgan fingerprint density at radius 2 is 1.68 bits per heavy atom. The van der Waals surface area contributed by atoms with Crippen LogP contribution >= 0.6 is 0 Å². The molecule has 2 aromatic rings. The molecule has 1 fully saturated rings. The topological polar surface area (TPSA) is 29.5 Å². The number of carbonyl (C=O) groups is 1. The molecule has 1 atom stereocenters. The fourth-order valence-corrected chi connectivity index (χ4v) is 3.48. The average Bonchev–Trinajstić information content (AvgIpc) is 2.68. The third-order valence-corrected chi connectivity index (χ3v) is 4.84. The minimum absolute atomic E-state index is 0.171. The molecule has 1 unspecified atom stereocenters. The molecular formula is C22H27NO2. The van der Waals surface area contributed by atoms with Crippen molar-refractivity contribution in [1.82, 2.24) is 4.90 Å². The van der Waals surface area contributed by atoms with E-state index in [2.05, 4.69) is 6.92 Å². The third-order valence-electron chi connectivity index (χ3n) is 4.84. The molecule has 0 aromatic heterocycles. The zero-order chi connectivity index (χ0) is 17.5. The molecule has 0 radical (unpaired) electrons. The molecule has 3 rings (SSSR count). The molecule has 0 spiro atoms. The first-order chi connectivity index (χ1) is 12.3. The zero-order valence-corrected chi connectivity index (χ0v) is 14.9. The molecule has 132 valence electrons. The van der Waals surface area contributed by atoms with Gasteiger partial charge in [0.25, 0.3) is 0 Å². The molecular weight excluding hydrogens is 310 g/mol. The molecule has 2 aromatic carbocycles. The van der Waals surface area contributed by atoms with Gasteiger partial charge in [0, 0.05) is 13.1 Å². The quantitative estimate of drug-likeness (QED) is 0.789. The second kappa shape index (κ2) is 8.82. The first-order valence-corrected chi connectivity index (χ1v) is 9.30. The average molecular weight is 337 g/mol. The Kier molecular flexibility index (Phi) is 6.24. The Morgan fingerprint density at radius 3 is 2.24 bits per heavy atom. The van der Waals surface area contributed by atoms with Crippen LogP contribution in [0, 0.1) is 0 Å². The van der Waals surface area contributed by atoms with E-state index in [0.29, 0.717) is 19.7 Å². The Morgan fingerprint density at radius 1 is 1.08 bits per heavy atom.